The van der Waals surface area contributed by atoms with Crippen molar-refractivity contribution in [3.8, 4) is 0 Å². The van der Waals surface area contributed by atoms with Gasteiger partial charge in [-0.1, -0.05) is 12.1 Å². The first-order valence-electron chi connectivity index (χ1n) is 4.85. The summed E-state index contributed by atoms with van der Waals surface area (Å²) in [6, 6.07) is 7.32. The lowest BCUT2D eigenvalue weighted by Gasteiger charge is -2.16. The van der Waals surface area contributed by atoms with E-state index in [2.05, 4.69) is 0 Å². The minimum absolute atomic E-state index is 0.0137. The van der Waals surface area contributed by atoms with Crippen LogP contribution in [0, 0.1) is 0 Å². The van der Waals surface area contributed by atoms with Crippen molar-refractivity contribution in [2.75, 3.05) is 11.4 Å². The molecular formula is C11H12ClNO2. The second kappa shape index (κ2) is 4.21. The number of carbonyl (C=O) groups is 1. The molecule has 1 N–H and O–H groups in total. The van der Waals surface area contributed by atoms with Crippen LogP contribution in [-0.4, -0.2) is 22.9 Å². The van der Waals surface area contributed by atoms with Gasteiger partial charge in [0.2, 0.25) is 5.91 Å². The predicted octanol–water partition coefficient (Wildman–Crippen LogP) is 1.52. The number of amides is 1. The molecule has 1 atom stereocenters. The largest absolute Gasteiger partial charge is 0.392 e. The molecule has 1 fully saturated rings. The molecule has 3 nitrogen and oxygen atoms in total. The van der Waals surface area contributed by atoms with Gasteiger partial charge in [0.15, 0.2) is 0 Å². The van der Waals surface area contributed by atoms with E-state index in [1.807, 2.05) is 24.3 Å². The lowest BCUT2D eigenvalue weighted by atomic mass is 10.2. The second-order valence-electron chi connectivity index (χ2n) is 3.63. The summed E-state index contributed by atoms with van der Waals surface area (Å²) in [4.78, 5) is 13.2. The Balaban J connectivity index is 2.25. The average molecular weight is 226 g/mol. The van der Waals surface area contributed by atoms with Gasteiger partial charge < -0.3 is 10.0 Å². The first-order chi connectivity index (χ1) is 7.20. The van der Waals surface area contributed by atoms with Crippen molar-refractivity contribution in [1.82, 2.24) is 0 Å². The third kappa shape index (κ3) is 2.13. The third-order valence-electron chi connectivity index (χ3n) is 2.48. The van der Waals surface area contributed by atoms with Crippen LogP contribution in [0.2, 0.25) is 0 Å². The number of alkyl halides is 1. The molecule has 1 unspecified atom stereocenters. The Labute approximate surface area is 93.3 Å². The zero-order chi connectivity index (χ0) is 10.8. The molecule has 1 saturated heterocycles. The minimum Gasteiger partial charge on any atom is -0.392 e. The van der Waals surface area contributed by atoms with Crippen LogP contribution in [-0.2, 0) is 11.4 Å². The Hall–Kier alpha value is -1.06. The maximum Gasteiger partial charge on any atom is 0.228 e. The van der Waals surface area contributed by atoms with Gasteiger partial charge >= 0.3 is 0 Å². The summed E-state index contributed by atoms with van der Waals surface area (Å²) in [5.41, 5.74) is 1.62. The van der Waals surface area contributed by atoms with Crippen molar-refractivity contribution in [3.63, 3.8) is 0 Å². The first kappa shape index (κ1) is 10.5. The van der Waals surface area contributed by atoms with Crippen LogP contribution in [0.1, 0.15) is 12.0 Å². The number of anilines is 1. The van der Waals surface area contributed by atoms with E-state index in [4.69, 9.17) is 16.7 Å². The van der Waals surface area contributed by atoms with Gasteiger partial charge in [-0.3, -0.25) is 4.79 Å². The van der Waals surface area contributed by atoms with Crippen molar-refractivity contribution in [3.05, 3.63) is 29.8 Å². The number of aliphatic hydroxyl groups is 1. The molecule has 1 aromatic carbocycles. The normalized spacial score (nSPS) is 21.1. The van der Waals surface area contributed by atoms with Gasteiger partial charge in [0, 0.05) is 18.7 Å². The van der Waals surface area contributed by atoms with Crippen LogP contribution in [0.3, 0.4) is 0 Å². The Morgan fingerprint density at radius 2 is 2.33 bits per heavy atom. The molecule has 0 radical (unpaired) electrons. The number of halogens is 1. The molecule has 1 aromatic rings. The van der Waals surface area contributed by atoms with Gasteiger partial charge in [-0.2, -0.15) is 0 Å². The molecule has 0 aromatic heterocycles. The number of hydrogen-bond donors (Lipinski definition) is 1. The highest BCUT2D eigenvalue weighted by Crippen LogP contribution is 2.24. The van der Waals surface area contributed by atoms with E-state index in [0.717, 1.165) is 11.3 Å². The van der Waals surface area contributed by atoms with Crippen molar-refractivity contribution < 1.29 is 9.90 Å². The quantitative estimate of drug-likeness (QED) is 0.776. The Morgan fingerprint density at radius 3 is 2.93 bits per heavy atom. The van der Waals surface area contributed by atoms with E-state index in [1.165, 1.54) is 0 Å². The molecule has 1 aliphatic heterocycles. The maximum atomic E-state index is 11.6. The van der Waals surface area contributed by atoms with Gasteiger partial charge in [0.1, 0.15) is 0 Å². The van der Waals surface area contributed by atoms with E-state index < -0.39 is 0 Å². The van der Waals surface area contributed by atoms with Crippen molar-refractivity contribution in [2.45, 2.75) is 18.4 Å². The number of hydrogen-bond acceptors (Lipinski definition) is 2. The molecule has 4 heteroatoms. The minimum atomic E-state index is -0.102. The SMILES string of the molecule is O=C1CC(Cl)CN1c1cccc(CO)c1. The molecule has 0 aliphatic carbocycles. The number of nitrogens with zero attached hydrogens (tertiary/aromatic N) is 1. The lowest BCUT2D eigenvalue weighted by molar-refractivity contribution is -0.117. The van der Waals surface area contributed by atoms with Crippen molar-refractivity contribution in [1.29, 1.82) is 0 Å². The zero-order valence-corrected chi connectivity index (χ0v) is 8.94. The van der Waals surface area contributed by atoms with E-state index in [1.54, 1.807) is 4.90 Å². The molecule has 0 saturated carbocycles. The van der Waals surface area contributed by atoms with Crippen LogP contribution in [0.15, 0.2) is 24.3 Å². The Bertz CT molecular complexity index is 381. The van der Waals surface area contributed by atoms with E-state index in [-0.39, 0.29) is 17.9 Å². The van der Waals surface area contributed by atoms with Crippen LogP contribution in [0.25, 0.3) is 0 Å². The standard InChI is InChI=1S/C11H12ClNO2/c12-9-5-11(15)13(6-9)10-3-1-2-8(4-10)7-14/h1-4,9,14H,5-7H2. The summed E-state index contributed by atoms with van der Waals surface area (Å²) in [6.07, 6.45) is 0.394. The molecule has 1 amide bonds. The topological polar surface area (TPSA) is 40.5 Å². The molecule has 0 bridgehead atoms. The van der Waals surface area contributed by atoms with Gasteiger partial charge in [0.25, 0.3) is 0 Å². The second-order valence-corrected chi connectivity index (χ2v) is 4.25. The third-order valence-corrected chi connectivity index (χ3v) is 2.77. The summed E-state index contributed by atoms with van der Waals surface area (Å²) >= 11 is 5.91. The fourth-order valence-corrected chi connectivity index (χ4v) is 2.01. The highest BCUT2D eigenvalue weighted by molar-refractivity contribution is 6.24. The molecule has 0 spiro atoms. The monoisotopic (exact) mass is 225 g/mol. The lowest BCUT2D eigenvalue weighted by Crippen LogP contribution is -2.24. The highest BCUT2D eigenvalue weighted by Gasteiger charge is 2.28. The van der Waals surface area contributed by atoms with E-state index in [9.17, 15) is 4.79 Å². The zero-order valence-electron chi connectivity index (χ0n) is 8.19. The van der Waals surface area contributed by atoms with Crippen molar-refractivity contribution >= 4 is 23.2 Å². The molecule has 80 valence electrons. The molecule has 1 heterocycles. The van der Waals surface area contributed by atoms with Crippen LogP contribution in [0.5, 0.6) is 0 Å². The maximum absolute atomic E-state index is 11.6. The number of aliphatic hydroxyl groups excluding tert-OH is 1. The van der Waals surface area contributed by atoms with Gasteiger partial charge in [0.05, 0.1) is 12.0 Å². The van der Waals surface area contributed by atoms with Crippen molar-refractivity contribution in [2.24, 2.45) is 0 Å². The van der Waals surface area contributed by atoms with E-state index >= 15 is 0 Å². The molecule has 1 aliphatic rings. The summed E-state index contributed by atoms with van der Waals surface area (Å²) in [6.45, 7) is 0.537. The summed E-state index contributed by atoms with van der Waals surface area (Å²) in [5, 5.41) is 8.89. The van der Waals surface area contributed by atoms with Crippen LogP contribution < -0.4 is 4.90 Å². The summed E-state index contributed by atoms with van der Waals surface area (Å²) < 4.78 is 0. The van der Waals surface area contributed by atoms with Gasteiger partial charge in [-0.05, 0) is 17.7 Å². The predicted molar refractivity (Wildman–Crippen MR) is 59.0 cm³/mol. The Morgan fingerprint density at radius 1 is 1.53 bits per heavy atom. The first-order valence-corrected chi connectivity index (χ1v) is 5.28. The fourth-order valence-electron chi connectivity index (χ4n) is 1.74. The average Bonchev–Trinajstić information content (AvgIpc) is 2.58. The number of benzene rings is 1. The smallest absolute Gasteiger partial charge is 0.228 e. The highest BCUT2D eigenvalue weighted by atomic mass is 35.5. The van der Waals surface area contributed by atoms with E-state index in [0.29, 0.717) is 13.0 Å². The molecular weight excluding hydrogens is 214 g/mol. The van der Waals surface area contributed by atoms with Gasteiger partial charge in [-0.25, -0.2) is 0 Å². The summed E-state index contributed by atoms with van der Waals surface area (Å²) in [7, 11) is 0. The number of rotatable bonds is 2. The molecule has 15 heavy (non-hydrogen) atoms. The number of carbonyl (C=O) groups excluding carboxylic acids is 1. The Kier molecular flexibility index (Phi) is 2.93. The van der Waals surface area contributed by atoms with Crippen LogP contribution >= 0.6 is 11.6 Å². The molecule has 2 rings (SSSR count). The summed E-state index contributed by atoms with van der Waals surface area (Å²) in [5.74, 6) is 0.0464. The van der Waals surface area contributed by atoms with Crippen LogP contribution in [0.4, 0.5) is 5.69 Å². The van der Waals surface area contributed by atoms with Gasteiger partial charge in [-0.15, -0.1) is 11.6 Å². The fraction of sp³-hybridized carbons (Fsp3) is 0.364.